The monoisotopic (exact) mass is 319 g/mol. The number of fused-ring (bicyclic) bond motifs is 1. The van der Waals surface area contributed by atoms with Gasteiger partial charge >= 0.3 is 0 Å². The Kier molecular flexibility index (Phi) is 3.35. The summed E-state index contributed by atoms with van der Waals surface area (Å²) in [6, 6.07) is 7.86. The maximum absolute atomic E-state index is 5.99. The molecule has 0 saturated carbocycles. The van der Waals surface area contributed by atoms with Crippen LogP contribution in [0.1, 0.15) is 11.3 Å². The van der Waals surface area contributed by atoms with Crippen LogP contribution in [0.25, 0.3) is 0 Å². The van der Waals surface area contributed by atoms with Crippen molar-refractivity contribution in [3.05, 3.63) is 40.0 Å². The molecule has 0 atom stereocenters. The van der Waals surface area contributed by atoms with Crippen LogP contribution < -0.4 is 16.4 Å². The lowest BCUT2D eigenvalue weighted by Gasteiger charge is -2.18. The predicted octanol–water partition coefficient (Wildman–Crippen LogP) is 2.21. The van der Waals surface area contributed by atoms with Crippen molar-refractivity contribution in [1.29, 1.82) is 0 Å². The molecule has 1 aliphatic rings. The number of nitrogen functional groups attached to an aromatic ring is 1. The summed E-state index contributed by atoms with van der Waals surface area (Å²) >= 11 is 3.44. The van der Waals surface area contributed by atoms with Crippen molar-refractivity contribution in [2.75, 3.05) is 17.6 Å². The maximum Gasteiger partial charge on any atom is 0.229 e. The van der Waals surface area contributed by atoms with Crippen molar-refractivity contribution < 1.29 is 0 Å². The zero-order chi connectivity index (χ0) is 13.2. The third-order valence-electron chi connectivity index (χ3n) is 3.05. The molecule has 1 aliphatic heterocycles. The summed E-state index contributed by atoms with van der Waals surface area (Å²) < 4.78 is 1.01. The van der Waals surface area contributed by atoms with Crippen molar-refractivity contribution in [3.63, 3.8) is 0 Å². The van der Waals surface area contributed by atoms with Crippen LogP contribution in [-0.2, 0) is 13.0 Å². The minimum Gasteiger partial charge on any atom is -0.383 e. The van der Waals surface area contributed by atoms with Gasteiger partial charge < -0.3 is 16.4 Å². The first-order valence-electron chi connectivity index (χ1n) is 6.11. The normalized spacial score (nSPS) is 13.9. The third-order valence-corrected chi connectivity index (χ3v) is 3.54. The molecule has 5 nitrogen and oxygen atoms in total. The van der Waals surface area contributed by atoms with Gasteiger partial charge in [0.2, 0.25) is 5.95 Å². The van der Waals surface area contributed by atoms with Gasteiger partial charge in [0.25, 0.3) is 0 Å². The maximum atomic E-state index is 5.99. The Morgan fingerprint density at radius 2 is 2.21 bits per heavy atom. The highest BCUT2D eigenvalue weighted by atomic mass is 79.9. The van der Waals surface area contributed by atoms with Gasteiger partial charge in [-0.15, -0.1) is 0 Å². The van der Waals surface area contributed by atoms with Crippen LogP contribution in [0.5, 0.6) is 0 Å². The molecule has 98 valence electrons. The topological polar surface area (TPSA) is 75.9 Å². The number of benzene rings is 1. The van der Waals surface area contributed by atoms with Crippen LogP contribution in [0.2, 0.25) is 0 Å². The van der Waals surface area contributed by atoms with Crippen LogP contribution in [0.15, 0.2) is 28.7 Å². The number of nitrogens with two attached hydrogens (primary N) is 1. The Balaban J connectivity index is 1.91. The molecule has 1 aromatic heterocycles. The summed E-state index contributed by atoms with van der Waals surface area (Å²) in [6.07, 6.45) is 0.884. The molecule has 2 aromatic rings. The van der Waals surface area contributed by atoms with E-state index in [0.717, 1.165) is 40.9 Å². The van der Waals surface area contributed by atoms with Crippen molar-refractivity contribution >= 4 is 33.4 Å². The first-order valence-corrected chi connectivity index (χ1v) is 6.90. The molecule has 19 heavy (non-hydrogen) atoms. The summed E-state index contributed by atoms with van der Waals surface area (Å²) in [4.78, 5) is 8.85. The fourth-order valence-electron chi connectivity index (χ4n) is 2.12. The van der Waals surface area contributed by atoms with Gasteiger partial charge in [-0.1, -0.05) is 22.0 Å². The molecule has 0 aliphatic carbocycles. The van der Waals surface area contributed by atoms with Gasteiger partial charge in [-0.25, -0.2) is 4.98 Å². The smallest absolute Gasteiger partial charge is 0.229 e. The minimum atomic E-state index is 0.551. The minimum absolute atomic E-state index is 0.551. The van der Waals surface area contributed by atoms with E-state index >= 15 is 0 Å². The van der Waals surface area contributed by atoms with Crippen molar-refractivity contribution in [3.8, 4) is 0 Å². The Hall–Kier alpha value is -1.66. The molecular weight excluding hydrogens is 306 g/mol. The summed E-state index contributed by atoms with van der Waals surface area (Å²) in [5, 5.41) is 6.45. The third kappa shape index (κ3) is 2.69. The second kappa shape index (κ2) is 5.14. The molecule has 6 heteroatoms. The average Bonchev–Trinajstić information content (AvgIpc) is 2.39. The molecule has 0 bridgehead atoms. The molecule has 3 rings (SSSR count). The van der Waals surface area contributed by atoms with E-state index in [2.05, 4.69) is 36.5 Å². The van der Waals surface area contributed by atoms with E-state index in [1.165, 1.54) is 0 Å². The molecule has 2 heterocycles. The number of nitrogens with zero attached hydrogens (tertiary/aromatic N) is 2. The van der Waals surface area contributed by atoms with E-state index in [1.54, 1.807) is 0 Å². The number of rotatable bonds is 2. The summed E-state index contributed by atoms with van der Waals surface area (Å²) in [5.41, 5.74) is 8.97. The highest BCUT2D eigenvalue weighted by molar-refractivity contribution is 9.10. The summed E-state index contributed by atoms with van der Waals surface area (Å²) in [6.45, 7) is 1.68. The number of nitrogens with one attached hydrogen (secondary N) is 2. The first-order chi connectivity index (χ1) is 9.22. The fourth-order valence-corrected chi connectivity index (χ4v) is 2.52. The van der Waals surface area contributed by atoms with Gasteiger partial charge in [0.1, 0.15) is 5.82 Å². The van der Waals surface area contributed by atoms with Gasteiger partial charge in [-0.05, 0) is 18.2 Å². The van der Waals surface area contributed by atoms with Gasteiger partial charge in [0.05, 0.1) is 5.69 Å². The SMILES string of the molecule is Nc1nc(Nc2cccc(Br)c2)nc2c1CNCC2. The second-order valence-corrected chi connectivity index (χ2v) is 5.34. The molecule has 0 radical (unpaired) electrons. The van der Waals surface area contributed by atoms with E-state index in [1.807, 2.05) is 24.3 Å². The number of hydrogen-bond acceptors (Lipinski definition) is 5. The number of anilines is 3. The number of hydrogen-bond donors (Lipinski definition) is 3. The molecule has 4 N–H and O–H groups in total. The van der Waals surface area contributed by atoms with Gasteiger partial charge in [-0.3, -0.25) is 0 Å². The summed E-state index contributed by atoms with van der Waals surface area (Å²) in [7, 11) is 0. The Morgan fingerprint density at radius 1 is 1.32 bits per heavy atom. The largest absolute Gasteiger partial charge is 0.383 e. The van der Waals surface area contributed by atoms with Crippen molar-refractivity contribution in [1.82, 2.24) is 15.3 Å². The predicted molar refractivity (Wildman–Crippen MR) is 79.3 cm³/mol. The zero-order valence-corrected chi connectivity index (χ0v) is 11.9. The molecule has 0 unspecified atom stereocenters. The second-order valence-electron chi connectivity index (χ2n) is 4.42. The fraction of sp³-hybridized carbons (Fsp3) is 0.231. The molecule has 0 amide bonds. The lowest BCUT2D eigenvalue weighted by molar-refractivity contribution is 0.629. The van der Waals surface area contributed by atoms with E-state index in [9.17, 15) is 0 Å². The van der Waals surface area contributed by atoms with Crippen LogP contribution >= 0.6 is 15.9 Å². The highest BCUT2D eigenvalue weighted by Crippen LogP contribution is 2.22. The Morgan fingerprint density at radius 3 is 3.05 bits per heavy atom. The van der Waals surface area contributed by atoms with Crippen LogP contribution in [0.4, 0.5) is 17.5 Å². The van der Waals surface area contributed by atoms with E-state index in [-0.39, 0.29) is 0 Å². The molecule has 0 saturated heterocycles. The Labute approximate surface area is 119 Å². The Bertz CT molecular complexity index is 614. The standard InChI is InChI=1S/C13H14BrN5/c14-8-2-1-3-9(6-8)17-13-18-11-4-5-16-7-10(11)12(15)19-13/h1-3,6,16H,4-5,7H2,(H3,15,17,18,19). The van der Waals surface area contributed by atoms with E-state index < -0.39 is 0 Å². The average molecular weight is 320 g/mol. The molecule has 0 fully saturated rings. The zero-order valence-electron chi connectivity index (χ0n) is 10.3. The summed E-state index contributed by atoms with van der Waals surface area (Å²) in [5.74, 6) is 1.10. The van der Waals surface area contributed by atoms with Gasteiger partial charge in [0, 0.05) is 35.2 Å². The van der Waals surface area contributed by atoms with Gasteiger partial charge in [-0.2, -0.15) is 4.98 Å². The quantitative estimate of drug-likeness (QED) is 0.791. The molecule has 0 spiro atoms. The van der Waals surface area contributed by atoms with Crippen molar-refractivity contribution in [2.24, 2.45) is 0 Å². The number of halogens is 1. The molecule has 1 aromatic carbocycles. The number of aromatic nitrogens is 2. The highest BCUT2D eigenvalue weighted by Gasteiger charge is 2.15. The van der Waals surface area contributed by atoms with Crippen LogP contribution in [0.3, 0.4) is 0 Å². The van der Waals surface area contributed by atoms with Gasteiger partial charge in [0.15, 0.2) is 0 Å². The first kappa shape index (κ1) is 12.4. The van der Waals surface area contributed by atoms with E-state index in [0.29, 0.717) is 11.8 Å². The van der Waals surface area contributed by atoms with Crippen LogP contribution in [-0.4, -0.2) is 16.5 Å². The van der Waals surface area contributed by atoms with E-state index in [4.69, 9.17) is 5.73 Å². The lowest BCUT2D eigenvalue weighted by atomic mass is 10.1. The van der Waals surface area contributed by atoms with Crippen LogP contribution in [0, 0.1) is 0 Å². The van der Waals surface area contributed by atoms with Crippen molar-refractivity contribution in [2.45, 2.75) is 13.0 Å². The molecular formula is C13H14BrN5. The lowest BCUT2D eigenvalue weighted by Crippen LogP contribution is -2.26.